The van der Waals surface area contributed by atoms with Gasteiger partial charge in [-0.05, 0) is 23.6 Å². The van der Waals surface area contributed by atoms with Crippen LogP contribution in [0.1, 0.15) is 35.4 Å². The first-order valence-electron chi connectivity index (χ1n) is 8.68. The van der Waals surface area contributed by atoms with Crippen LogP contribution in [0.5, 0.6) is 0 Å². The van der Waals surface area contributed by atoms with Crippen molar-refractivity contribution in [1.29, 1.82) is 0 Å². The number of amides is 1. The summed E-state index contributed by atoms with van der Waals surface area (Å²) in [6, 6.07) is 30.6. The molecule has 126 valence electrons. The standard InChI is InChI=1S/C23H23NO/c1-18(19-11-5-2-6-12-19)23(25)24-17-22(20-13-7-3-8-14-20)21-15-9-4-10-16-21/h2-16,18,22H,17H2,1H3,(H,24,25). The lowest BCUT2D eigenvalue weighted by Gasteiger charge is -2.20. The van der Waals surface area contributed by atoms with E-state index < -0.39 is 0 Å². The molecule has 0 radical (unpaired) electrons. The van der Waals surface area contributed by atoms with Gasteiger partial charge in [-0.1, -0.05) is 91.0 Å². The van der Waals surface area contributed by atoms with E-state index in [1.807, 2.05) is 73.7 Å². The Bertz CT molecular complexity index is 745. The zero-order valence-corrected chi connectivity index (χ0v) is 14.4. The Morgan fingerprint density at radius 2 is 1.12 bits per heavy atom. The SMILES string of the molecule is CC(C(=O)NCC(c1ccccc1)c1ccccc1)c1ccccc1. The van der Waals surface area contributed by atoms with Crippen molar-refractivity contribution in [2.45, 2.75) is 18.8 Å². The van der Waals surface area contributed by atoms with Gasteiger partial charge in [0.2, 0.25) is 5.91 Å². The molecule has 1 amide bonds. The highest BCUT2D eigenvalue weighted by atomic mass is 16.1. The van der Waals surface area contributed by atoms with E-state index in [4.69, 9.17) is 0 Å². The molecule has 2 heteroatoms. The zero-order valence-electron chi connectivity index (χ0n) is 14.4. The second kappa shape index (κ2) is 8.29. The average molecular weight is 329 g/mol. The molecule has 0 aliphatic rings. The highest BCUT2D eigenvalue weighted by Crippen LogP contribution is 2.24. The third-order valence-electron chi connectivity index (χ3n) is 4.58. The van der Waals surface area contributed by atoms with E-state index in [0.717, 1.165) is 5.56 Å². The molecular formula is C23H23NO. The minimum Gasteiger partial charge on any atom is -0.355 e. The van der Waals surface area contributed by atoms with Gasteiger partial charge >= 0.3 is 0 Å². The van der Waals surface area contributed by atoms with E-state index in [1.165, 1.54) is 11.1 Å². The van der Waals surface area contributed by atoms with Crippen LogP contribution in [0.3, 0.4) is 0 Å². The monoisotopic (exact) mass is 329 g/mol. The fourth-order valence-corrected chi connectivity index (χ4v) is 3.05. The second-order valence-corrected chi connectivity index (χ2v) is 6.25. The highest BCUT2D eigenvalue weighted by molar-refractivity contribution is 5.83. The van der Waals surface area contributed by atoms with Gasteiger partial charge in [0.05, 0.1) is 5.92 Å². The minimum atomic E-state index is -0.159. The van der Waals surface area contributed by atoms with Gasteiger partial charge in [-0.25, -0.2) is 0 Å². The maximum atomic E-state index is 12.6. The molecule has 3 aromatic rings. The van der Waals surface area contributed by atoms with Gasteiger partial charge in [0.15, 0.2) is 0 Å². The number of carbonyl (C=O) groups is 1. The predicted octanol–water partition coefficient (Wildman–Crippen LogP) is 4.74. The van der Waals surface area contributed by atoms with Crippen molar-refractivity contribution >= 4 is 5.91 Å². The summed E-state index contributed by atoms with van der Waals surface area (Å²) in [5, 5.41) is 3.14. The van der Waals surface area contributed by atoms with Crippen LogP contribution >= 0.6 is 0 Å². The summed E-state index contributed by atoms with van der Waals surface area (Å²) in [4.78, 5) is 12.6. The Balaban J connectivity index is 1.74. The van der Waals surface area contributed by atoms with Gasteiger partial charge in [-0.2, -0.15) is 0 Å². The van der Waals surface area contributed by atoms with Crippen LogP contribution in [-0.2, 0) is 4.79 Å². The quantitative estimate of drug-likeness (QED) is 0.695. The Kier molecular flexibility index (Phi) is 5.63. The molecule has 0 aliphatic heterocycles. The molecule has 0 aromatic heterocycles. The molecule has 1 atom stereocenters. The maximum Gasteiger partial charge on any atom is 0.227 e. The fraction of sp³-hybridized carbons (Fsp3) is 0.174. The summed E-state index contributed by atoms with van der Waals surface area (Å²) in [5.74, 6) is 0.0470. The minimum absolute atomic E-state index is 0.0584. The van der Waals surface area contributed by atoms with Gasteiger partial charge in [0.25, 0.3) is 0 Å². The normalized spacial score (nSPS) is 11.9. The molecule has 0 fully saturated rings. The Hall–Kier alpha value is -2.87. The predicted molar refractivity (Wildman–Crippen MR) is 103 cm³/mol. The van der Waals surface area contributed by atoms with E-state index in [0.29, 0.717) is 6.54 Å². The van der Waals surface area contributed by atoms with Crippen LogP contribution in [0, 0.1) is 0 Å². The molecule has 25 heavy (non-hydrogen) atoms. The average Bonchev–Trinajstić information content (AvgIpc) is 2.70. The van der Waals surface area contributed by atoms with Gasteiger partial charge < -0.3 is 5.32 Å². The number of nitrogens with one attached hydrogen (secondary N) is 1. The van der Waals surface area contributed by atoms with Gasteiger partial charge in [-0.15, -0.1) is 0 Å². The molecule has 3 aromatic carbocycles. The Morgan fingerprint density at radius 3 is 1.56 bits per heavy atom. The summed E-state index contributed by atoms with van der Waals surface area (Å²) < 4.78 is 0. The second-order valence-electron chi connectivity index (χ2n) is 6.25. The van der Waals surface area contributed by atoms with Crippen LogP contribution in [-0.4, -0.2) is 12.5 Å². The Labute approximate surface area is 149 Å². The number of rotatable bonds is 6. The molecule has 2 nitrogen and oxygen atoms in total. The Morgan fingerprint density at radius 1 is 0.720 bits per heavy atom. The topological polar surface area (TPSA) is 29.1 Å². The third kappa shape index (κ3) is 4.36. The first kappa shape index (κ1) is 17.0. The summed E-state index contributed by atoms with van der Waals surface area (Å²) in [7, 11) is 0. The van der Waals surface area contributed by atoms with Crippen LogP contribution in [0.2, 0.25) is 0 Å². The molecule has 1 N–H and O–H groups in total. The van der Waals surface area contributed by atoms with E-state index in [9.17, 15) is 4.79 Å². The van der Waals surface area contributed by atoms with E-state index in [1.54, 1.807) is 0 Å². The summed E-state index contributed by atoms with van der Waals surface area (Å²) in [6.45, 7) is 2.54. The zero-order chi connectivity index (χ0) is 17.5. The van der Waals surface area contributed by atoms with Crippen LogP contribution in [0.4, 0.5) is 0 Å². The van der Waals surface area contributed by atoms with Crippen molar-refractivity contribution in [2.75, 3.05) is 6.54 Å². The summed E-state index contributed by atoms with van der Waals surface area (Å²) in [5.41, 5.74) is 3.46. The van der Waals surface area contributed by atoms with E-state index in [-0.39, 0.29) is 17.7 Å². The third-order valence-corrected chi connectivity index (χ3v) is 4.58. The van der Waals surface area contributed by atoms with E-state index in [2.05, 4.69) is 29.6 Å². The van der Waals surface area contributed by atoms with Crippen LogP contribution < -0.4 is 5.32 Å². The smallest absolute Gasteiger partial charge is 0.227 e. The van der Waals surface area contributed by atoms with Crippen molar-refractivity contribution in [3.63, 3.8) is 0 Å². The summed E-state index contributed by atoms with van der Waals surface area (Å²) >= 11 is 0. The first-order valence-corrected chi connectivity index (χ1v) is 8.68. The lowest BCUT2D eigenvalue weighted by Crippen LogP contribution is -2.32. The van der Waals surface area contributed by atoms with E-state index >= 15 is 0 Å². The number of hydrogen-bond donors (Lipinski definition) is 1. The van der Waals surface area contributed by atoms with Crippen molar-refractivity contribution in [3.05, 3.63) is 108 Å². The number of hydrogen-bond acceptors (Lipinski definition) is 1. The molecule has 1 unspecified atom stereocenters. The summed E-state index contributed by atoms with van der Waals surface area (Å²) in [6.07, 6.45) is 0. The molecule has 0 bridgehead atoms. The molecule has 0 aliphatic carbocycles. The van der Waals surface area contributed by atoms with Crippen LogP contribution in [0.25, 0.3) is 0 Å². The maximum absolute atomic E-state index is 12.6. The van der Waals surface area contributed by atoms with Crippen LogP contribution in [0.15, 0.2) is 91.0 Å². The largest absolute Gasteiger partial charge is 0.355 e. The highest BCUT2D eigenvalue weighted by Gasteiger charge is 2.18. The van der Waals surface area contributed by atoms with Crippen molar-refractivity contribution in [3.8, 4) is 0 Å². The van der Waals surface area contributed by atoms with Gasteiger partial charge in [0, 0.05) is 12.5 Å². The van der Waals surface area contributed by atoms with Crippen molar-refractivity contribution in [2.24, 2.45) is 0 Å². The van der Waals surface area contributed by atoms with Crippen molar-refractivity contribution in [1.82, 2.24) is 5.32 Å². The number of carbonyl (C=O) groups excluding carboxylic acids is 1. The first-order chi connectivity index (χ1) is 12.3. The molecule has 0 saturated heterocycles. The lowest BCUT2D eigenvalue weighted by molar-refractivity contribution is -0.122. The molecule has 0 saturated carbocycles. The molecule has 0 heterocycles. The van der Waals surface area contributed by atoms with Crippen molar-refractivity contribution < 1.29 is 4.79 Å². The molecule has 3 rings (SSSR count). The number of benzene rings is 3. The fourth-order valence-electron chi connectivity index (χ4n) is 3.05. The molecule has 0 spiro atoms. The lowest BCUT2D eigenvalue weighted by atomic mass is 9.91. The van der Waals surface area contributed by atoms with Gasteiger partial charge in [0.1, 0.15) is 0 Å². The molecular weight excluding hydrogens is 306 g/mol. The van der Waals surface area contributed by atoms with Gasteiger partial charge in [-0.3, -0.25) is 4.79 Å².